The number of hydrogen-bond donors (Lipinski definition) is 2. The number of aliphatic hydroxyl groups is 1. The number of carbonyl (C=O) groups excluding carboxylic acids is 1. The highest BCUT2D eigenvalue weighted by atomic mass is 32.2. The normalized spacial score (nSPS) is 15.9. The van der Waals surface area contributed by atoms with Crippen LogP contribution in [0.2, 0.25) is 0 Å². The maximum Gasteiger partial charge on any atom is 0.255 e. The lowest BCUT2D eigenvalue weighted by Gasteiger charge is -2.30. The molecule has 19 heavy (non-hydrogen) atoms. The summed E-state index contributed by atoms with van der Waals surface area (Å²) in [6, 6.07) is 0. The van der Waals surface area contributed by atoms with Gasteiger partial charge >= 0.3 is 0 Å². The molecule has 1 atom stereocenters. The van der Waals surface area contributed by atoms with Crippen LogP contribution in [-0.2, 0) is 14.8 Å². The fraction of sp³-hybridized carbons (Fsp3) is 0.917. The molecule has 114 valence electrons. The number of sulfonamides is 1. The summed E-state index contributed by atoms with van der Waals surface area (Å²) in [5, 5.41) is 10.1. The Morgan fingerprint density at radius 3 is 1.89 bits per heavy atom. The van der Waals surface area contributed by atoms with Crippen LogP contribution in [0.1, 0.15) is 41.5 Å². The lowest BCUT2D eigenvalue weighted by molar-refractivity contribution is -0.148. The van der Waals surface area contributed by atoms with Gasteiger partial charge in [0.2, 0.25) is 10.0 Å². The van der Waals surface area contributed by atoms with Crippen LogP contribution in [0.4, 0.5) is 0 Å². The number of hydrogen-bond acceptors (Lipinski definition) is 4. The van der Waals surface area contributed by atoms with E-state index in [-0.39, 0.29) is 6.54 Å². The summed E-state index contributed by atoms with van der Waals surface area (Å²) in [6.45, 7) is 10.2. The van der Waals surface area contributed by atoms with Gasteiger partial charge in [0.1, 0.15) is 0 Å². The van der Waals surface area contributed by atoms with Crippen molar-refractivity contribution in [2.45, 2.75) is 51.9 Å². The maximum absolute atomic E-state index is 12.0. The molecule has 6 nitrogen and oxygen atoms in total. The average Bonchev–Trinajstić information content (AvgIpc) is 2.26. The molecule has 0 aliphatic carbocycles. The summed E-state index contributed by atoms with van der Waals surface area (Å²) in [5.41, 5.74) is -1.75. The van der Waals surface area contributed by atoms with E-state index in [1.807, 2.05) is 0 Å². The van der Waals surface area contributed by atoms with E-state index in [2.05, 4.69) is 4.72 Å². The minimum Gasteiger partial charge on any atom is -0.379 e. The van der Waals surface area contributed by atoms with Gasteiger partial charge in [0.05, 0.1) is 4.75 Å². The van der Waals surface area contributed by atoms with Gasteiger partial charge in [0, 0.05) is 19.6 Å². The number of carbonyl (C=O) groups is 1. The van der Waals surface area contributed by atoms with E-state index < -0.39 is 26.3 Å². The molecule has 0 aromatic heterocycles. The third kappa shape index (κ3) is 4.74. The Morgan fingerprint density at radius 1 is 1.16 bits per heavy atom. The lowest BCUT2D eigenvalue weighted by atomic mass is 10.1. The van der Waals surface area contributed by atoms with Gasteiger partial charge in [-0.25, -0.2) is 13.1 Å². The molecule has 0 saturated heterocycles. The zero-order valence-electron chi connectivity index (χ0n) is 12.6. The number of nitrogens with one attached hydrogen (secondary N) is 1. The molecule has 0 aliphatic heterocycles. The molecular formula is C12H26N2O4S. The van der Waals surface area contributed by atoms with Gasteiger partial charge in [-0.2, -0.15) is 0 Å². The van der Waals surface area contributed by atoms with Crippen molar-refractivity contribution in [3.05, 3.63) is 0 Å². The first-order chi connectivity index (χ1) is 8.39. The quantitative estimate of drug-likeness (QED) is 0.739. The first kappa shape index (κ1) is 18.3. The third-order valence-corrected chi connectivity index (χ3v) is 5.06. The Bertz CT molecular complexity index is 406. The smallest absolute Gasteiger partial charge is 0.255 e. The first-order valence-electron chi connectivity index (χ1n) is 6.40. The van der Waals surface area contributed by atoms with Gasteiger partial charge in [0.15, 0.2) is 5.60 Å². The van der Waals surface area contributed by atoms with Crippen LogP contribution in [-0.4, -0.2) is 54.3 Å². The highest BCUT2D eigenvalue weighted by molar-refractivity contribution is 7.90. The van der Waals surface area contributed by atoms with E-state index >= 15 is 0 Å². The summed E-state index contributed by atoms with van der Waals surface area (Å²) in [5.74, 6) is -0.478. The fourth-order valence-electron chi connectivity index (χ4n) is 1.38. The maximum atomic E-state index is 12.0. The highest BCUT2D eigenvalue weighted by Crippen LogP contribution is 2.15. The largest absolute Gasteiger partial charge is 0.379 e. The van der Waals surface area contributed by atoms with Gasteiger partial charge in [-0.05, 0) is 41.5 Å². The molecule has 0 aromatic carbocycles. The Hall–Kier alpha value is -0.660. The molecule has 0 aromatic rings. The molecule has 0 radical (unpaired) electrons. The van der Waals surface area contributed by atoms with Crippen molar-refractivity contribution in [2.24, 2.45) is 0 Å². The molecule has 2 N–H and O–H groups in total. The van der Waals surface area contributed by atoms with E-state index in [9.17, 15) is 18.3 Å². The summed E-state index contributed by atoms with van der Waals surface area (Å²) in [6.07, 6.45) is 0. The summed E-state index contributed by atoms with van der Waals surface area (Å²) >= 11 is 0. The van der Waals surface area contributed by atoms with E-state index in [0.29, 0.717) is 13.1 Å². The van der Waals surface area contributed by atoms with Crippen LogP contribution >= 0.6 is 0 Å². The van der Waals surface area contributed by atoms with E-state index in [4.69, 9.17) is 0 Å². The molecule has 0 fully saturated rings. The Morgan fingerprint density at radius 2 is 1.58 bits per heavy atom. The van der Waals surface area contributed by atoms with Gasteiger partial charge < -0.3 is 10.0 Å². The van der Waals surface area contributed by atoms with Crippen LogP contribution in [0.15, 0.2) is 0 Å². The van der Waals surface area contributed by atoms with Gasteiger partial charge in [0.25, 0.3) is 5.91 Å². The summed E-state index contributed by atoms with van der Waals surface area (Å²) in [7, 11) is -3.58. The second kappa shape index (κ2) is 6.19. The summed E-state index contributed by atoms with van der Waals surface area (Å²) in [4.78, 5) is 13.5. The number of likely N-dealkylation sites (N-methyl/N-ethyl adjacent to an activating group) is 1. The number of rotatable bonds is 6. The summed E-state index contributed by atoms with van der Waals surface area (Å²) < 4.78 is 25.1. The van der Waals surface area contributed by atoms with Crippen molar-refractivity contribution in [3.63, 3.8) is 0 Å². The molecule has 0 rings (SSSR count). The zero-order valence-corrected chi connectivity index (χ0v) is 13.5. The highest BCUT2D eigenvalue weighted by Gasteiger charge is 2.37. The van der Waals surface area contributed by atoms with Crippen molar-refractivity contribution in [1.29, 1.82) is 0 Å². The van der Waals surface area contributed by atoms with Crippen molar-refractivity contribution < 1.29 is 18.3 Å². The van der Waals surface area contributed by atoms with Crippen molar-refractivity contribution >= 4 is 15.9 Å². The van der Waals surface area contributed by atoms with Crippen LogP contribution in [0.3, 0.4) is 0 Å². The van der Waals surface area contributed by atoms with Gasteiger partial charge in [-0.1, -0.05) is 0 Å². The number of nitrogens with zero attached hydrogens (tertiary/aromatic N) is 1. The molecule has 1 unspecified atom stereocenters. The van der Waals surface area contributed by atoms with Crippen molar-refractivity contribution in [1.82, 2.24) is 9.62 Å². The monoisotopic (exact) mass is 294 g/mol. The predicted molar refractivity (Wildman–Crippen MR) is 75.2 cm³/mol. The van der Waals surface area contributed by atoms with E-state index in [1.165, 1.54) is 11.8 Å². The van der Waals surface area contributed by atoms with Crippen molar-refractivity contribution in [2.75, 3.05) is 19.6 Å². The van der Waals surface area contributed by atoms with Crippen LogP contribution < -0.4 is 4.72 Å². The molecule has 0 spiro atoms. The van der Waals surface area contributed by atoms with Gasteiger partial charge in [-0.3, -0.25) is 4.79 Å². The van der Waals surface area contributed by atoms with Crippen LogP contribution in [0.5, 0.6) is 0 Å². The third-order valence-electron chi connectivity index (χ3n) is 2.92. The van der Waals surface area contributed by atoms with Crippen LogP contribution in [0.25, 0.3) is 0 Å². The fourth-order valence-corrected chi connectivity index (χ4v) is 2.28. The zero-order chi connectivity index (χ0) is 15.5. The lowest BCUT2D eigenvalue weighted by Crippen LogP contribution is -2.55. The average molecular weight is 294 g/mol. The number of amides is 1. The molecule has 0 saturated carbocycles. The standard InChI is InChI=1S/C12H26N2O4S/c1-7-14(8-2)10(15)12(6,16)9-13-19(17,18)11(3,4)5/h13,16H,7-9H2,1-6H3. The Balaban J connectivity index is 4.86. The Labute approximate surface area is 116 Å². The van der Waals surface area contributed by atoms with E-state index in [0.717, 1.165) is 0 Å². The predicted octanol–water partition coefficient (Wildman–Crippen LogP) is 0.324. The first-order valence-corrected chi connectivity index (χ1v) is 7.88. The molecule has 0 bridgehead atoms. The topological polar surface area (TPSA) is 86.7 Å². The SMILES string of the molecule is CCN(CC)C(=O)C(C)(O)CNS(=O)(=O)C(C)(C)C. The second-order valence-electron chi connectivity index (χ2n) is 5.69. The molecule has 1 amide bonds. The molecule has 0 aliphatic rings. The minimum atomic E-state index is -3.58. The van der Waals surface area contributed by atoms with E-state index in [1.54, 1.807) is 34.6 Å². The van der Waals surface area contributed by atoms with Gasteiger partial charge in [-0.15, -0.1) is 0 Å². The molecule has 7 heteroatoms. The molecular weight excluding hydrogens is 268 g/mol. The second-order valence-corrected chi connectivity index (χ2v) is 8.21. The minimum absolute atomic E-state index is 0.331. The Kier molecular flexibility index (Phi) is 5.98. The van der Waals surface area contributed by atoms with Crippen LogP contribution in [0, 0.1) is 0 Å². The molecule has 0 heterocycles. The van der Waals surface area contributed by atoms with Crippen molar-refractivity contribution in [3.8, 4) is 0 Å².